The second-order valence-electron chi connectivity index (χ2n) is 9.26. The molecule has 0 aliphatic rings. The van der Waals surface area contributed by atoms with Gasteiger partial charge in [-0.25, -0.2) is 0 Å². The van der Waals surface area contributed by atoms with Gasteiger partial charge in [-0.1, -0.05) is 108 Å². The molecule has 1 unspecified atom stereocenters. The van der Waals surface area contributed by atoms with Crippen molar-refractivity contribution >= 4 is 27.5 Å². The van der Waals surface area contributed by atoms with Crippen LogP contribution in [-0.4, -0.2) is 49.0 Å². The molecule has 3 nitrogen and oxygen atoms in total. The van der Waals surface area contributed by atoms with E-state index < -0.39 is 0 Å². The lowest BCUT2D eigenvalue weighted by molar-refractivity contribution is -0.121. The molecule has 0 heterocycles. The first-order valence-corrected chi connectivity index (χ1v) is 16.7. The van der Waals surface area contributed by atoms with E-state index in [0.29, 0.717) is 6.42 Å². The summed E-state index contributed by atoms with van der Waals surface area (Å²) in [7, 11) is 7.95. The van der Waals surface area contributed by atoms with Gasteiger partial charge in [-0.05, 0) is 78.3 Å². The fourth-order valence-corrected chi connectivity index (χ4v) is 5.70. The Bertz CT molecular complexity index is 693. The monoisotopic (exact) mass is 546 g/mol. The maximum absolute atomic E-state index is 12.4. The molecular weight excluding hydrogens is 492 g/mol. The topological polar surface area (TPSA) is 32.3 Å². The Morgan fingerprint density at radius 3 is 1.70 bits per heavy atom. The lowest BCUT2D eigenvalue weighted by Gasteiger charge is -2.22. The molecule has 0 aromatic heterocycles. The van der Waals surface area contributed by atoms with Gasteiger partial charge in [-0.2, -0.15) is 0 Å². The highest BCUT2D eigenvalue weighted by Crippen LogP contribution is 2.23. The number of likely N-dealkylation sites (N-methyl/N-ethyl adjacent to an activating group) is 1. The summed E-state index contributed by atoms with van der Waals surface area (Å²) in [5, 5.41) is 3.25. The molecule has 0 saturated heterocycles. The smallest absolute Gasteiger partial charge is 0.220 e. The van der Waals surface area contributed by atoms with Crippen molar-refractivity contribution in [3.05, 3.63) is 72.9 Å². The summed E-state index contributed by atoms with van der Waals surface area (Å²) < 4.78 is 0. The van der Waals surface area contributed by atoms with Crippen LogP contribution in [0.2, 0.25) is 0 Å². The predicted octanol–water partition coefficient (Wildman–Crippen LogP) is 9.08. The van der Waals surface area contributed by atoms with Gasteiger partial charge in [-0.15, -0.1) is 0 Å². The molecule has 0 aliphatic heterocycles. The van der Waals surface area contributed by atoms with Gasteiger partial charge in [0.15, 0.2) is 0 Å². The van der Waals surface area contributed by atoms with Crippen LogP contribution in [0.25, 0.3) is 0 Å². The number of amides is 1. The van der Waals surface area contributed by atoms with Crippen LogP contribution in [0, 0.1) is 0 Å². The van der Waals surface area contributed by atoms with Crippen LogP contribution in [-0.2, 0) is 4.79 Å². The minimum Gasteiger partial charge on any atom is -0.351 e. The number of nitrogens with one attached hydrogen (secondary N) is 1. The van der Waals surface area contributed by atoms with Crippen molar-refractivity contribution in [2.45, 2.75) is 90.5 Å². The van der Waals surface area contributed by atoms with Gasteiger partial charge in [0.2, 0.25) is 5.91 Å². The van der Waals surface area contributed by atoms with E-state index in [1.54, 1.807) is 0 Å². The summed E-state index contributed by atoms with van der Waals surface area (Å²) in [4.78, 5) is 14.6. The van der Waals surface area contributed by atoms with Crippen molar-refractivity contribution in [2.75, 3.05) is 32.1 Å². The van der Waals surface area contributed by atoms with Crippen molar-refractivity contribution in [2.24, 2.45) is 0 Å². The van der Waals surface area contributed by atoms with E-state index >= 15 is 0 Å². The summed E-state index contributed by atoms with van der Waals surface area (Å²) in [6, 6.07) is 0.196. The third kappa shape index (κ3) is 29.0. The molecule has 0 radical (unpaired) electrons. The molecule has 0 aromatic rings. The molecule has 210 valence electrons. The number of hydrogen-bond donors (Lipinski definition) is 1. The zero-order valence-electron chi connectivity index (χ0n) is 24.1. The van der Waals surface area contributed by atoms with Crippen LogP contribution in [0.3, 0.4) is 0 Å². The Balaban J connectivity index is 3.92. The Hall–Kier alpha value is -1.43. The minimum atomic E-state index is 0.175. The molecule has 0 bridgehead atoms. The molecule has 0 spiro atoms. The van der Waals surface area contributed by atoms with Crippen molar-refractivity contribution in [1.29, 1.82) is 0 Å². The number of hydrogen-bond acceptors (Lipinski definition) is 4. The van der Waals surface area contributed by atoms with Gasteiger partial charge in [0.05, 0.1) is 6.04 Å². The molecule has 0 saturated carbocycles. The van der Waals surface area contributed by atoms with Gasteiger partial charge < -0.3 is 10.2 Å². The lowest BCUT2D eigenvalue weighted by Crippen LogP contribution is -2.43. The van der Waals surface area contributed by atoms with E-state index in [1.807, 2.05) is 21.6 Å². The van der Waals surface area contributed by atoms with Crippen LogP contribution in [0.15, 0.2) is 72.9 Å². The summed E-state index contributed by atoms with van der Waals surface area (Å²) in [6.45, 7) is 5.19. The van der Waals surface area contributed by atoms with Gasteiger partial charge in [0, 0.05) is 24.5 Å². The van der Waals surface area contributed by atoms with Crippen LogP contribution in [0.1, 0.15) is 84.5 Å². The summed E-state index contributed by atoms with van der Waals surface area (Å²) in [5.74, 6) is 2.27. The van der Waals surface area contributed by atoms with E-state index in [2.05, 4.69) is 111 Å². The SMILES string of the molecule is CC/C=C\C/C=C\C/C=C\CCCSSCC(CN(C)C)NC(=O)CCC/C=C\C/C=C\C/C=C\CC. The standard InChI is InChI=1S/C32H54N2OS2/c1-5-7-9-11-13-15-17-19-21-23-25-27-32(35)33-31(29-34(3)4)30-37-36-28-26-24-22-20-18-16-14-12-10-8-6-2/h7-10,13-16,19-22,31H,5-6,11-12,17-18,23-30H2,1-4H3,(H,33,35)/b9-7-,10-8-,15-13-,16-14-,21-19-,22-20-. The average molecular weight is 547 g/mol. The van der Waals surface area contributed by atoms with E-state index in [0.717, 1.165) is 75.8 Å². The highest BCUT2D eigenvalue weighted by atomic mass is 33.1. The van der Waals surface area contributed by atoms with Gasteiger partial charge >= 0.3 is 0 Å². The predicted molar refractivity (Wildman–Crippen MR) is 172 cm³/mol. The van der Waals surface area contributed by atoms with Crippen molar-refractivity contribution in [3.63, 3.8) is 0 Å². The fourth-order valence-electron chi connectivity index (χ4n) is 3.36. The Morgan fingerprint density at radius 2 is 1.19 bits per heavy atom. The largest absolute Gasteiger partial charge is 0.351 e. The van der Waals surface area contributed by atoms with Crippen molar-refractivity contribution in [3.8, 4) is 0 Å². The molecule has 5 heteroatoms. The van der Waals surface area contributed by atoms with Crippen molar-refractivity contribution in [1.82, 2.24) is 10.2 Å². The van der Waals surface area contributed by atoms with E-state index in [9.17, 15) is 4.79 Å². The average Bonchev–Trinajstić information content (AvgIpc) is 2.87. The van der Waals surface area contributed by atoms with E-state index in [4.69, 9.17) is 0 Å². The molecule has 1 atom stereocenters. The highest BCUT2D eigenvalue weighted by Gasteiger charge is 2.13. The number of carbonyl (C=O) groups is 1. The number of rotatable bonds is 24. The second-order valence-corrected chi connectivity index (χ2v) is 11.9. The Labute approximate surface area is 237 Å². The minimum absolute atomic E-state index is 0.175. The molecule has 37 heavy (non-hydrogen) atoms. The molecule has 1 amide bonds. The number of carbonyl (C=O) groups excluding carboxylic acids is 1. The first-order valence-electron chi connectivity index (χ1n) is 14.2. The number of allylic oxidation sites excluding steroid dienone is 12. The normalized spacial score (nSPS) is 13.6. The van der Waals surface area contributed by atoms with Gasteiger partial charge in [0.1, 0.15) is 0 Å². The van der Waals surface area contributed by atoms with Crippen LogP contribution < -0.4 is 5.32 Å². The zero-order valence-corrected chi connectivity index (χ0v) is 25.7. The zero-order chi connectivity index (χ0) is 27.2. The molecular formula is C32H54N2OS2. The van der Waals surface area contributed by atoms with Gasteiger partial charge in [0.25, 0.3) is 0 Å². The third-order valence-corrected chi connectivity index (χ3v) is 7.81. The second kappa shape index (κ2) is 29.1. The fraction of sp³-hybridized carbons (Fsp3) is 0.594. The summed E-state index contributed by atoms with van der Waals surface area (Å²) in [6.07, 6.45) is 37.7. The number of nitrogens with zero attached hydrogens (tertiary/aromatic N) is 1. The van der Waals surface area contributed by atoms with E-state index in [1.165, 1.54) is 6.42 Å². The Kier molecular flexibility index (Phi) is 28.0. The molecule has 1 N–H and O–H groups in total. The van der Waals surface area contributed by atoms with E-state index in [-0.39, 0.29) is 11.9 Å². The highest BCUT2D eigenvalue weighted by molar-refractivity contribution is 8.76. The Morgan fingerprint density at radius 1 is 0.703 bits per heavy atom. The van der Waals surface area contributed by atoms with Crippen LogP contribution >= 0.6 is 21.6 Å². The van der Waals surface area contributed by atoms with Crippen LogP contribution in [0.5, 0.6) is 0 Å². The molecule has 0 fully saturated rings. The quantitative estimate of drug-likeness (QED) is 0.0743. The first-order chi connectivity index (χ1) is 18.1. The number of unbranched alkanes of at least 4 members (excludes halogenated alkanes) is 2. The maximum Gasteiger partial charge on any atom is 0.220 e. The van der Waals surface area contributed by atoms with Crippen LogP contribution in [0.4, 0.5) is 0 Å². The lowest BCUT2D eigenvalue weighted by atomic mass is 10.2. The molecule has 0 rings (SSSR count). The maximum atomic E-state index is 12.4. The summed E-state index contributed by atoms with van der Waals surface area (Å²) in [5.41, 5.74) is 0. The first kappa shape index (κ1) is 35.6. The van der Waals surface area contributed by atoms with Crippen molar-refractivity contribution < 1.29 is 4.79 Å². The molecule has 0 aromatic carbocycles. The van der Waals surface area contributed by atoms with Gasteiger partial charge in [-0.3, -0.25) is 4.79 Å². The third-order valence-electron chi connectivity index (χ3n) is 5.24. The molecule has 0 aliphatic carbocycles. The summed E-state index contributed by atoms with van der Waals surface area (Å²) >= 11 is 0.